The summed E-state index contributed by atoms with van der Waals surface area (Å²) < 4.78 is 14.5. The molecule has 1 aliphatic rings. The van der Waals surface area contributed by atoms with Crippen LogP contribution >= 0.6 is 15.9 Å². The Kier molecular flexibility index (Phi) is 5.19. The van der Waals surface area contributed by atoms with Crippen LogP contribution < -0.4 is 10.6 Å². The van der Waals surface area contributed by atoms with Crippen LogP contribution in [0.4, 0.5) is 4.39 Å². The predicted octanol–water partition coefficient (Wildman–Crippen LogP) is 3.05. The number of halogens is 2. The summed E-state index contributed by atoms with van der Waals surface area (Å²) in [6.07, 6.45) is 2.60. The second-order valence-electron chi connectivity index (χ2n) is 4.76. The number of aliphatic imine (C=N–C) groups is 1. The molecule has 5 heteroatoms. The van der Waals surface area contributed by atoms with Crippen LogP contribution in [0.5, 0.6) is 0 Å². The Morgan fingerprint density at radius 1 is 1.42 bits per heavy atom. The lowest BCUT2D eigenvalue weighted by molar-refractivity contribution is 0.609. The van der Waals surface area contributed by atoms with E-state index in [1.54, 1.807) is 12.1 Å². The first-order chi connectivity index (χ1) is 9.19. The molecule has 1 aliphatic carbocycles. The molecule has 1 aromatic carbocycles. The zero-order valence-corrected chi connectivity index (χ0v) is 12.6. The summed E-state index contributed by atoms with van der Waals surface area (Å²) >= 11 is 3.35. The van der Waals surface area contributed by atoms with Gasteiger partial charge < -0.3 is 10.6 Å². The summed E-state index contributed by atoms with van der Waals surface area (Å²) in [6.45, 7) is 4.11. The Balaban J connectivity index is 1.96. The van der Waals surface area contributed by atoms with Crippen molar-refractivity contribution >= 4 is 21.9 Å². The van der Waals surface area contributed by atoms with Crippen molar-refractivity contribution in [3.63, 3.8) is 0 Å². The molecule has 0 spiro atoms. The van der Waals surface area contributed by atoms with Gasteiger partial charge in [0.2, 0.25) is 0 Å². The molecular formula is C14H19BrFN3. The Bertz CT molecular complexity index is 458. The van der Waals surface area contributed by atoms with Crippen LogP contribution in [0, 0.1) is 11.7 Å². The van der Waals surface area contributed by atoms with Crippen molar-refractivity contribution < 1.29 is 4.39 Å². The van der Waals surface area contributed by atoms with E-state index in [9.17, 15) is 4.39 Å². The van der Waals surface area contributed by atoms with Gasteiger partial charge in [-0.3, -0.25) is 0 Å². The fourth-order valence-electron chi connectivity index (χ4n) is 1.73. The molecule has 2 rings (SSSR count). The molecule has 1 fully saturated rings. The Morgan fingerprint density at radius 2 is 2.21 bits per heavy atom. The van der Waals surface area contributed by atoms with E-state index >= 15 is 0 Å². The van der Waals surface area contributed by atoms with Gasteiger partial charge in [-0.1, -0.05) is 15.9 Å². The maximum atomic E-state index is 13.6. The molecule has 0 unspecified atom stereocenters. The molecule has 3 nitrogen and oxygen atoms in total. The first-order valence-electron chi connectivity index (χ1n) is 6.65. The van der Waals surface area contributed by atoms with Crippen molar-refractivity contribution in [2.24, 2.45) is 10.9 Å². The first-order valence-corrected chi connectivity index (χ1v) is 7.44. The molecule has 104 valence electrons. The third-order valence-electron chi connectivity index (χ3n) is 3.01. The van der Waals surface area contributed by atoms with Gasteiger partial charge in [0.15, 0.2) is 5.96 Å². The van der Waals surface area contributed by atoms with Crippen LogP contribution in [-0.4, -0.2) is 19.0 Å². The molecule has 19 heavy (non-hydrogen) atoms. The maximum absolute atomic E-state index is 13.6. The van der Waals surface area contributed by atoms with Crippen LogP contribution in [0.2, 0.25) is 0 Å². The summed E-state index contributed by atoms with van der Waals surface area (Å²) in [5.41, 5.74) is 0.595. The highest BCUT2D eigenvalue weighted by Crippen LogP contribution is 2.27. The normalized spacial score (nSPS) is 15.4. The van der Waals surface area contributed by atoms with Crippen molar-refractivity contribution in [2.75, 3.05) is 13.1 Å². The Hall–Kier alpha value is -1.10. The maximum Gasteiger partial charge on any atom is 0.191 e. The number of nitrogens with zero attached hydrogens (tertiary/aromatic N) is 1. The van der Waals surface area contributed by atoms with E-state index in [0.717, 1.165) is 29.4 Å². The van der Waals surface area contributed by atoms with Gasteiger partial charge in [0, 0.05) is 23.1 Å². The third kappa shape index (κ3) is 4.82. The summed E-state index contributed by atoms with van der Waals surface area (Å²) in [5, 5.41) is 6.47. The average molecular weight is 328 g/mol. The van der Waals surface area contributed by atoms with E-state index in [1.165, 1.54) is 18.9 Å². The van der Waals surface area contributed by atoms with Gasteiger partial charge in [-0.15, -0.1) is 0 Å². The SMILES string of the molecule is CCNC(=NCc1cc(Br)ccc1F)NCC1CC1. The molecule has 1 saturated carbocycles. The van der Waals surface area contributed by atoms with E-state index in [4.69, 9.17) is 0 Å². The van der Waals surface area contributed by atoms with Gasteiger partial charge in [0.1, 0.15) is 5.82 Å². The average Bonchev–Trinajstić information content (AvgIpc) is 3.20. The summed E-state index contributed by atoms with van der Waals surface area (Å²) in [7, 11) is 0. The van der Waals surface area contributed by atoms with Crippen LogP contribution in [0.15, 0.2) is 27.7 Å². The van der Waals surface area contributed by atoms with Gasteiger partial charge in [0.25, 0.3) is 0 Å². The van der Waals surface area contributed by atoms with Crippen molar-refractivity contribution in [3.8, 4) is 0 Å². The van der Waals surface area contributed by atoms with E-state index in [2.05, 4.69) is 31.6 Å². The van der Waals surface area contributed by atoms with Crippen LogP contribution in [0.3, 0.4) is 0 Å². The molecule has 0 heterocycles. The fraction of sp³-hybridized carbons (Fsp3) is 0.500. The van der Waals surface area contributed by atoms with E-state index in [-0.39, 0.29) is 5.82 Å². The molecule has 0 saturated heterocycles. The molecule has 0 radical (unpaired) electrons. The number of hydrogen-bond acceptors (Lipinski definition) is 1. The highest BCUT2D eigenvalue weighted by molar-refractivity contribution is 9.10. The van der Waals surface area contributed by atoms with Crippen LogP contribution in [0.1, 0.15) is 25.3 Å². The van der Waals surface area contributed by atoms with E-state index in [0.29, 0.717) is 12.1 Å². The fourth-order valence-corrected chi connectivity index (χ4v) is 2.14. The number of nitrogens with one attached hydrogen (secondary N) is 2. The quantitative estimate of drug-likeness (QED) is 0.644. The first kappa shape index (κ1) is 14.3. The molecule has 0 aliphatic heterocycles. The largest absolute Gasteiger partial charge is 0.357 e. The molecule has 0 amide bonds. The molecule has 0 atom stereocenters. The van der Waals surface area contributed by atoms with Crippen molar-refractivity contribution in [2.45, 2.75) is 26.3 Å². The standard InChI is InChI=1S/C14H19BrFN3/c1-2-17-14(18-8-10-3-4-10)19-9-11-7-12(15)5-6-13(11)16/h5-7,10H,2-4,8-9H2,1H3,(H2,17,18,19). The highest BCUT2D eigenvalue weighted by atomic mass is 79.9. The van der Waals surface area contributed by atoms with Gasteiger partial charge in [0.05, 0.1) is 6.54 Å². The minimum absolute atomic E-state index is 0.218. The van der Waals surface area contributed by atoms with E-state index in [1.807, 2.05) is 6.92 Å². The monoisotopic (exact) mass is 327 g/mol. The minimum Gasteiger partial charge on any atom is -0.357 e. The lowest BCUT2D eigenvalue weighted by Crippen LogP contribution is -2.38. The van der Waals surface area contributed by atoms with Crippen molar-refractivity contribution in [3.05, 3.63) is 34.1 Å². The second kappa shape index (κ2) is 6.89. The highest BCUT2D eigenvalue weighted by Gasteiger charge is 2.21. The predicted molar refractivity (Wildman–Crippen MR) is 79.6 cm³/mol. The number of benzene rings is 1. The van der Waals surface area contributed by atoms with Gasteiger partial charge >= 0.3 is 0 Å². The van der Waals surface area contributed by atoms with Crippen molar-refractivity contribution in [1.29, 1.82) is 0 Å². The second-order valence-corrected chi connectivity index (χ2v) is 5.67. The van der Waals surface area contributed by atoms with Crippen LogP contribution in [-0.2, 0) is 6.54 Å². The number of guanidine groups is 1. The summed E-state index contributed by atoms with van der Waals surface area (Å²) in [5.74, 6) is 1.32. The summed E-state index contributed by atoms with van der Waals surface area (Å²) in [4.78, 5) is 4.42. The number of hydrogen-bond donors (Lipinski definition) is 2. The summed E-state index contributed by atoms with van der Waals surface area (Å²) in [6, 6.07) is 4.92. The topological polar surface area (TPSA) is 36.4 Å². The van der Waals surface area contributed by atoms with Gasteiger partial charge in [-0.05, 0) is 43.9 Å². The smallest absolute Gasteiger partial charge is 0.191 e. The molecule has 0 aromatic heterocycles. The lowest BCUT2D eigenvalue weighted by atomic mass is 10.2. The zero-order valence-electron chi connectivity index (χ0n) is 11.0. The van der Waals surface area contributed by atoms with Gasteiger partial charge in [-0.2, -0.15) is 0 Å². The number of rotatable bonds is 5. The molecule has 0 bridgehead atoms. The van der Waals surface area contributed by atoms with Crippen LogP contribution in [0.25, 0.3) is 0 Å². The van der Waals surface area contributed by atoms with E-state index < -0.39 is 0 Å². The third-order valence-corrected chi connectivity index (χ3v) is 3.51. The molecule has 1 aromatic rings. The Morgan fingerprint density at radius 3 is 2.89 bits per heavy atom. The van der Waals surface area contributed by atoms with Crippen molar-refractivity contribution in [1.82, 2.24) is 10.6 Å². The molecular weight excluding hydrogens is 309 g/mol. The molecule has 2 N–H and O–H groups in total. The zero-order chi connectivity index (χ0) is 13.7. The minimum atomic E-state index is -0.218. The Labute approximate surface area is 121 Å². The van der Waals surface area contributed by atoms with Gasteiger partial charge in [-0.25, -0.2) is 9.38 Å². The lowest BCUT2D eigenvalue weighted by Gasteiger charge is -2.11.